The molecule has 142 valence electrons. The van der Waals surface area contributed by atoms with Gasteiger partial charge in [0.2, 0.25) is 0 Å². The number of hydrogen-bond donors (Lipinski definition) is 0. The predicted molar refractivity (Wildman–Crippen MR) is 104 cm³/mol. The van der Waals surface area contributed by atoms with E-state index in [1.165, 1.54) is 51.4 Å². The third-order valence-electron chi connectivity index (χ3n) is 4.86. The Morgan fingerprint density at radius 3 is 2.00 bits per heavy atom. The maximum atomic E-state index is 12.8. The zero-order valence-corrected chi connectivity index (χ0v) is 16.9. The van der Waals surface area contributed by atoms with E-state index >= 15 is 0 Å². The predicted octanol–water partition coefficient (Wildman–Crippen LogP) is 7.26. The van der Waals surface area contributed by atoms with E-state index in [0.717, 1.165) is 32.1 Å². The number of hydrogen-bond acceptors (Lipinski definition) is 3. The Morgan fingerprint density at radius 2 is 1.42 bits per heavy atom. The highest BCUT2D eigenvalue weighted by molar-refractivity contribution is 7.54. The molecule has 0 bridgehead atoms. The van der Waals surface area contributed by atoms with Gasteiger partial charge in [0.05, 0.1) is 18.9 Å². The highest BCUT2D eigenvalue weighted by atomic mass is 31.2. The molecule has 1 saturated heterocycles. The van der Waals surface area contributed by atoms with Gasteiger partial charge in [0.25, 0.3) is 0 Å². The lowest BCUT2D eigenvalue weighted by molar-refractivity contribution is 0.328. The van der Waals surface area contributed by atoms with Gasteiger partial charge in [-0.05, 0) is 32.6 Å². The van der Waals surface area contributed by atoms with E-state index < -0.39 is 7.60 Å². The van der Waals surface area contributed by atoms with Crippen LogP contribution in [0, 0.1) is 0 Å². The van der Waals surface area contributed by atoms with E-state index in [1.54, 1.807) is 0 Å². The van der Waals surface area contributed by atoms with Crippen molar-refractivity contribution in [2.45, 2.75) is 103 Å². The molecule has 0 aromatic carbocycles. The van der Waals surface area contributed by atoms with E-state index in [4.69, 9.17) is 9.05 Å². The maximum Gasteiger partial charge on any atom is 0.333 e. The zero-order chi connectivity index (χ0) is 17.5. The molecule has 0 radical (unpaired) electrons. The first-order valence-electron chi connectivity index (χ1n) is 10.2. The fourth-order valence-electron chi connectivity index (χ4n) is 3.36. The number of rotatable bonds is 15. The van der Waals surface area contributed by atoms with Crippen LogP contribution in [0.25, 0.3) is 0 Å². The van der Waals surface area contributed by atoms with Crippen molar-refractivity contribution in [2.75, 3.05) is 13.2 Å². The molecule has 0 aromatic rings. The second-order valence-electron chi connectivity index (χ2n) is 6.98. The quantitative estimate of drug-likeness (QED) is 0.175. The Labute approximate surface area is 150 Å². The summed E-state index contributed by atoms with van der Waals surface area (Å²) >= 11 is 0. The Balaban J connectivity index is 2.24. The van der Waals surface area contributed by atoms with Crippen LogP contribution in [0.15, 0.2) is 12.2 Å². The van der Waals surface area contributed by atoms with Crippen molar-refractivity contribution in [1.82, 2.24) is 0 Å². The summed E-state index contributed by atoms with van der Waals surface area (Å²) in [5.74, 6) is 0. The fourth-order valence-corrected chi connectivity index (χ4v) is 5.51. The maximum absolute atomic E-state index is 12.8. The summed E-state index contributed by atoms with van der Waals surface area (Å²) in [4.78, 5) is 0. The number of allylic oxidation sites excluding steroid dienone is 2. The molecule has 1 fully saturated rings. The zero-order valence-electron chi connectivity index (χ0n) is 16.0. The first kappa shape index (κ1) is 21.9. The van der Waals surface area contributed by atoms with Crippen molar-refractivity contribution in [1.29, 1.82) is 0 Å². The minimum atomic E-state index is -2.82. The summed E-state index contributed by atoms with van der Waals surface area (Å²) in [6.45, 7) is 5.33. The Hall–Kier alpha value is -0.110. The van der Waals surface area contributed by atoms with Crippen LogP contribution in [0.1, 0.15) is 97.3 Å². The van der Waals surface area contributed by atoms with Gasteiger partial charge < -0.3 is 9.05 Å². The van der Waals surface area contributed by atoms with E-state index in [-0.39, 0.29) is 5.66 Å². The van der Waals surface area contributed by atoms with Gasteiger partial charge >= 0.3 is 7.60 Å². The van der Waals surface area contributed by atoms with Crippen LogP contribution < -0.4 is 0 Å². The van der Waals surface area contributed by atoms with Gasteiger partial charge in [-0.15, -0.1) is 0 Å². The van der Waals surface area contributed by atoms with Crippen LogP contribution in [0.2, 0.25) is 0 Å². The molecule has 0 saturated carbocycles. The summed E-state index contributed by atoms with van der Waals surface area (Å²) in [6, 6.07) is 0. The molecule has 1 heterocycles. The van der Waals surface area contributed by atoms with Crippen LogP contribution in [-0.2, 0) is 13.6 Å². The SMILES string of the molecule is CC=CCCCCCC(CCCCCCCCC)P1(=O)OCCO1. The second-order valence-corrected chi connectivity index (χ2v) is 9.30. The van der Waals surface area contributed by atoms with Crippen molar-refractivity contribution in [3.8, 4) is 0 Å². The van der Waals surface area contributed by atoms with Crippen LogP contribution in [0.4, 0.5) is 0 Å². The standard InChI is InChI=1S/C20H39O3P/c1-3-5-7-9-11-13-15-17-20(24(21)22-18-19-23-24)16-14-12-10-8-6-4-2/h4,6,20H,3,5,7-19H2,1-2H3. The van der Waals surface area contributed by atoms with Gasteiger partial charge in [0.1, 0.15) is 0 Å². The van der Waals surface area contributed by atoms with Crippen LogP contribution in [0.3, 0.4) is 0 Å². The van der Waals surface area contributed by atoms with Crippen molar-refractivity contribution >= 4 is 7.60 Å². The molecular weight excluding hydrogens is 319 g/mol. The van der Waals surface area contributed by atoms with E-state index in [0.29, 0.717) is 13.2 Å². The van der Waals surface area contributed by atoms with E-state index in [1.807, 2.05) is 0 Å². The monoisotopic (exact) mass is 358 g/mol. The smallest absolute Gasteiger partial charge is 0.306 e. The molecule has 3 nitrogen and oxygen atoms in total. The largest absolute Gasteiger partial charge is 0.333 e. The summed E-state index contributed by atoms with van der Waals surface area (Å²) in [7, 11) is -2.82. The molecule has 1 atom stereocenters. The normalized spacial score (nSPS) is 18.4. The molecule has 4 heteroatoms. The minimum Gasteiger partial charge on any atom is -0.306 e. The van der Waals surface area contributed by atoms with Gasteiger partial charge in [0, 0.05) is 0 Å². The molecule has 24 heavy (non-hydrogen) atoms. The summed E-state index contributed by atoms with van der Waals surface area (Å²) in [5, 5.41) is 0. The Kier molecular flexibility index (Phi) is 12.9. The second kappa shape index (κ2) is 14.1. The average Bonchev–Trinajstić information content (AvgIpc) is 3.02. The van der Waals surface area contributed by atoms with E-state index in [2.05, 4.69) is 26.0 Å². The van der Waals surface area contributed by atoms with Crippen LogP contribution >= 0.6 is 7.60 Å². The number of unbranched alkanes of at least 4 members (excludes halogenated alkanes) is 9. The van der Waals surface area contributed by atoms with Gasteiger partial charge in [-0.1, -0.05) is 76.9 Å². The fraction of sp³-hybridized carbons (Fsp3) is 0.900. The lowest BCUT2D eigenvalue weighted by Gasteiger charge is -2.21. The minimum absolute atomic E-state index is 0.123. The highest BCUT2D eigenvalue weighted by Crippen LogP contribution is 2.59. The summed E-state index contributed by atoms with van der Waals surface area (Å²) in [5.41, 5.74) is 0.123. The summed E-state index contributed by atoms with van der Waals surface area (Å²) in [6.07, 6.45) is 20.1. The highest BCUT2D eigenvalue weighted by Gasteiger charge is 2.38. The van der Waals surface area contributed by atoms with Gasteiger partial charge in [-0.2, -0.15) is 0 Å². The van der Waals surface area contributed by atoms with Gasteiger partial charge in [-0.25, -0.2) is 0 Å². The molecule has 1 aliphatic rings. The van der Waals surface area contributed by atoms with Crippen LogP contribution in [-0.4, -0.2) is 18.9 Å². The summed E-state index contributed by atoms with van der Waals surface area (Å²) < 4.78 is 23.9. The van der Waals surface area contributed by atoms with Gasteiger partial charge in [-0.3, -0.25) is 4.57 Å². The van der Waals surface area contributed by atoms with Crippen molar-refractivity contribution in [3.63, 3.8) is 0 Å². The van der Waals surface area contributed by atoms with Crippen molar-refractivity contribution in [3.05, 3.63) is 12.2 Å². The molecule has 1 aliphatic heterocycles. The first-order valence-corrected chi connectivity index (χ1v) is 11.8. The Bertz CT molecular complexity index is 358. The third kappa shape index (κ3) is 9.39. The van der Waals surface area contributed by atoms with Crippen LogP contribution in [0.5, 0.6) is 0 Å². The molecule has 0 aliphatic carbocycles. The molecule has 1 unspecified atom stereocenters. The molecular formula is C20H39O3P. The molecule has 0 aromatic heterocycles. The molecule has 0 amide bonds. The van der Waals surface area contributed by atoms with Gasteiger partial charge in [0.15, 0.2) is 0 Å². The lowest BCUT2D eigenvalue weighted by Crippen LogP contribution is -2.09. The lowest BCUT2D eigenvalue weighted by atomic mass is 10.0. The van der Waals surface area contributed by atoms with Crippen molar-refractivity contribution in [2.24, 2.45) is 0 Å². The topological polar surface area (TPSA) is 35.5 Å². The van der Waals surface area contributed by atoms with Crippen molar-refractivity contribution < 1.29 is 13.6 Å². The first-order chi connectivity index (χ1) is 11.7. The van der Waals surface area contributed by atoms with E-state index in [9.17, 15) is 4.57 Å². The third-order valence-corrected chi connectivity index (χ3v) is 7.35. The Morgan fingerprint density at radius 1 is 0.875 bits per heavy atom. The molecule has 0 N–H and O–H groups in total. The average molecular weight is 359 g/mol. The molecule has 1 rings (SSSR count). The molecule has 0 spiro atoms.